The highest BCUT2D eigenvalue weighted by Crippen LogP contribution is 2.32. The summed E-state index contributed by atoms with van der Waals surface area (Å²) in [5.74, 6) is 0.628. The molecule has 0 saturated heterocycles. The van der Waals surface area contributed by atoms with E-state index in [1.54, 1.807) is 0 Å². The van der Waals surface area contributed by atoms with Crippen LogP contribution in [0.15, 0.2) is 24.3 Å². The summed E-state index contributed by atoms with van der Waals surface area (Å²) in [7, 11) is 1.87. The maximum atomic E-state index is 11.6. The van der Waals surface area contributed by atoms with Crippen LogP contribution in [0, 0.1) is 5.92 Å². The molecule has 2 heteroatoms. The van der Waals surface area contributed by atoms with Crippen LogP contribution in [0.4, 0.5) is 5.69 Å². The van der Waals surface area contributed by atoms with Crippen molar-refractivity contribution >= 4 is 11.5 Å². The molecule has 1 aliphatic carbocycles. The van der Waals surface area contributed by atoms with E-state index in [4.69, 9.17) is 0 Å². The van der Waals surface area contributed by atoms with E-state index in [-0.39, 0.29) is 0 Å². The first-order chi connectivity index (χ1) is 6.31. The number of ketones is 1. The van der Waals surface area contributed by atoms with Crippen LogP contribution >= 0.6 is 0 Å². The lowest BCUT2D eigenvalue weighted by Gasteiger charge is -2.01. The second-order valence-electron chi connectivity index (χ2n) is 3.47. The smallest absolute Gasteiger partial charge is 0.165 e. The second kappa shape index (κ2) is 3.21. The van der Waals surface area contributed by atoms with Crippen LogP contribution in [0.3, 0.4) is 0 Å². The number of carbonyl (C=O) groups excluding carboxylic acids is 1. The predicted molar refractivity (Wildman–Crippen MR) is 53.0 cm³/mol. The molecule has 0 aliphatic heterocycles. The van der Waals surface area contributed by atoms with Crippen LogP contribution < -0.4 is 5.32 Å². The molecule has 1 aromatic carbocycles. The first kappa shape index (κ1) is 8.30. The van der Waals surface area contributed by atoms with Gasteiger partial charge in [-0.25, -0.2) is 0 Å². The molecular formula is C11H13NO. The summed E-state index contributed by atoms with van der Waals surface area (Å²) in [5, 5.41) is 3.03. The Balaban J connectivity index is 2.16. The molecule has 1 fully saturated rings. The van der Waals surface area contributed by atoms with Crippen LogP contribution in [0.25, 0.3) is 0 Å². The van der Waals surface area contributed by atoms with Crippen LogP contribution in [-0.4, -0.2) is 12.8 Å². The summed E-state index contributed by atoms with van der Waals surface area (Å²) in [6.45, 7) is 0. The zero-order valence-electron chi connectivity index (χ0n) is 7.71. The first-order valence-corrected chi connectivity index (χ1v) is 4.63. The van der Waals surface area contributed by atoms with E-state index in [1.807, 2.05) is 31.3 Å². The zero-order chi connectivity index (χ0) is 9.26. The molecule has 1 aromatic rings. The van der Waals surface area contributed by atoms with Gasteiger partial charge in [0.2, 0.25) is 0 Å². The van der Waals surface area contributed by atoms with Crippen molar-refractivity contribution in [3.8, 4) is 0 Å². The van der Waals surface area contributed by atoms with Gasteiger partial charge in [-0.3, -0.25) is 4.79 Å². The number of nitrogens with one attached hydrogen (secondary N) is 1. The van der Waals surface area contributed by atoms with Gasteiger partial charge in [0.1, 0.15) is 0 Å². The molecule has 0 unspecified atom stereocenters. The van der Waals surface area contributed by atoms with Gasteiger partial charge in [-0.15, -0.1) is 0 Å². The van der Waals surface area contributed by atoms with Gasteiger partial charge in [0, 0.05) is 24.2 Å². The lowest BCUT2D eigenvalue weighted by Crippen LogP contribution is -2.00. The van der Waals surface area contributed by atoms with Gasteiger partial charge in [-0.2, -0.15) is 0 Å². The highest BCUT2D eigenvalue weighted by Gasteiger charge is 2.30. The van der Waals surface area contributed by atoms with Crippen LogP contribution in [0.2, 0.25) is 0 Å². The third-order valence-corrected chi connectivity index (χ3v) is 2.41. The maximum Gasteiger partial charge on any atom is 0.165 e. The van der Waals surface area contributed by atoms with Gasteiger partial charge in [0.25, 0.3) is 0 Å². The van der Waals surface area contributed by atoms with Crippen molar-refractivity contribution in [2.75, 3.05) is 12.4 Å². The Morgan fingerprint density at radius 2 is 1.92 bits per heavy atom. The van der Waals surface area contributed by atoms with Crippen LogP contribution in [0.5, 0.6) is 0 Å². The zero-order valence-corrected chi connectivity index (χ0v) is 7.71. The molecule has 0 atom stereocenters. The molecule has 1 N–H and O–H groups in total. The van der Waals surface area contributed by atoms with Crippen molar-refractivity contribution in [1.82, 2.24) is 0 Å². The Kier molecular flexibility index (Phi) is 2.05. The number of anilines is 1. The van der Waals surface area contributed by atoms with Gasteiger partial charge in [0.15, 0.2) is 5.78 Å². The van der Waals surface area contributed by atoms with E-state index in [9.17, 15) is 4.79 Å². The van der Waals surface area contributed by atoms with Crippen molar-refractivity contribution in [2.45, 2.75) is 12.8 Å². The fourth-order valence-electron chi connectivity index (χ4n) is 1.38. The standard InChI is InChI=1S/C11H13NO/c1-12-10-6-4-9(5-7-10)11(13)8-2-3-8/h4-8,12H,2-3H2,1H3. The lowest BCUT2D eigenvalue weighted by atomic mass is 10.1. The number of hydrogen-bond acceptors (Lipinski definition) is 2. The number of Topliss-reactive ketones (excluding diaryl/α,β-unsaturated/α-hetero) is 1. The highest BCUT2D eigenvalue weighted by atomic mass is 16.1. The van der Waals surface area contributed by atoms with Crippen molar-refractivity contribution in [1.29, 1.82) is 0 Å². The molecule has 2 nitrogen and oxygen atoms in total. The van der Waals surface area contributed by atoms with E-state index in [0.717, 1.165) is 24.1 Å². The molecule has 0 amide bonds. The number of carbonyl (C=O) groups is 1. The van der Waals surface area contributed by atoms with Crippen molar-refractivity contribution in [3.05, 3.63) is 29.8 Å². The molecule has 2 rings (SSSR count). The number of rotatable bonds is 3. The third kappa shape index (κ3) is 1.72. The summed E-state index contributed by atoms with van der Waals surface area (Å²) < 4.78 is 0. The Bertz CT molecular complexity index is 311. The molecule has 0 aromatic heterocycles. The summed E-state index contributed by atoms with van der Waals surface area (Å²) >= 11 is 0. The monoisotopic (exact) mass is 175 g/mol. The molecule has 0 spiro atoms. The van der Waals surface area contributed by atoms with E-state index in [2.05, 4.69) is 5.32 Å². The highest BCUT2D eigenvalue weighted by molar-refractivity contribution is 5.99. The first-order valence-electron chi connectivity index (χ1n) is 4.63. The quantitative estimate of drug-likeness (QED) is 0.714. The van der Waals surface area contributed by atoms with E-state index >= 15 is 0 Å². The molecular weight excluding hydrogens is 162 g/mol. The summed E-state index contributed by atoms with van der Waals surface area (Å²) in [5.41, 5.74) is 1.90. The van der Waals surface area contributed by atoms with Gasteiger partial charge in [-0.05, 0) is 37.1 Å². The van der Waals surface area contributed by atoms with E-state index in [1.165, 1.54) is 0 Å². The minimum Gasteiger partial charge on any atom is -0.388 e. The van der Waals surface area contributed by atoms with Crippen molar-refractivity contribution in [2.24, 2.45) is 5.92 Å². The number of hydrogen-bond donors (Lipinski definition) is 1. The summed E-state index contributed by atoms with van der Waals surface area (Å²) in [4.78, 5) is 11.6. The van der Waals surface area contributed by atoms with Gasteiger partial charge < -0.3 is 5.32 Å². The largest absolute Gasteiger partial charge is 0.388 e. The molecule has 0 heterocycles. The Labute approximate surface area is 78.0 Å². The SMILES string of the molecule is CNc1ccc(C(=O)C2CC2)cc1. The summed E-state index contributed by atoms with van der Waals surface area (Å²) in [6, 6.07) is 7.67. The lowest BCUT2D eigenvalue weighted by molar-refractivity contribution is 0.0967. The minimum absolute atomic E-state index is 0.308. The average Bonchev–Trinajstić information content (AvgIpc) is 3.00. The molecule has 1 aliphatic rings. The van der Waals surface area contributed by atoms with E-state index in [0.29, 0.717) is 11.7 Å². The Morgan fingerprint density at radius 3 is 2.38 bits per heavy atom. The van der Waals surface area contributed by atoms with Crippen LogP contribution in [-0.2, 0) is 0 Å². The molecule has 0 bridgehead atoms. The van der Waals surface area contributed by atoms with Crippen molar-refractivity contribution < 1.29 is 4.79 Å². The maximum absolute atomic E-state index is 11.6. The fraction of sp³-hybridized carbons (Fsp3) is 0.364. The Morgan fingerprint density at radius 1 is 1.31 bits per heavy atom. The molecule has 68 valence electrons. The summed E-state index contributed by atoms with van der Waals surface area (Å²) in [6.07, 6.45) is 2.15. The third-order valence-electron chi connectivity index (χ3n) is 2.41. The topological polar surface area (TPSA) is 29.1 Å². The normalized spacial score (nSPS) is 15.5. The Hall–Kier alpha value is -1.31. The van der Waals surface area contributed by atoms with Crippen LogP contribution in [0.1, 0.15) is 23.2 Å². The molecule has 13 heavy (non-hydrogen) atoms. The average molecular weight is 175 g/mol. The second-order valence-corrected chi connectivity index (χ2v) is 3.47. The molecule has 1 saturated carbocycles. The van der Waals surface area contributed by atoms with Gasteiger partial charge in [-0.1, -0.05) is 0 Å². The fourth-order valence-corrected chi connectivity index (χ4v) is 1.38. The molecule has 0 radical (unpaired) electrons. The van der Waals surface area contributed by atoms with Gasteiger partial charge >= 0.3 is 0 Å². The van der Waals surface area contributed by atoms with Gasteiger partial charge in [0.05, 0.1) is 0 Å². The minimum atomic E-state index is 0.308. The predicted octanol–water partition coefficient (Wildman–Crippen LogP) is 2.32. The number of benzene rings is 1. The van der Waals surface area contributed by atoms with Crippen molar-refractivity contribution in [3.63, 3.8) is 0 Å². The van der Waals surface area contributed by atoms with E-state index < -0.39 is 0 Å².